The molecule has 0 bridgehead atoms. The third-order valence-electron chi connectivity index (χ3n) is 8.44. The van der Waals surface area contributed by atoms with E-state index in [0.717, 1.165) is 38.5 Å². The first kappa shape index (κ1) is 17.5. The van der Waals surface area contributed by atoms with Crippen molar-refractivity contribution in [3.63, 3.8) is 0 Å². The van der Waals surface area contributed by atoms with Crippen LogP contribution in [0.25, 0.3) is 0 Å². The van der Waals surface area contributed by atoms with Gasteiger partial charge in [0.15, 0.2) is 5.78 Å². The van der Waals surface area contributed by atoms with Crippen LogP contribution in [0, 0.1) is 51.8 Å². The van der Waals surface area contributed by atoms with Gasteiger partial charge in [-0.05, 0) is 79.8 Å². The van der Waals surface area contributed by atoms with Crippen LogP contribution in [-0.2, 0) is 9.59 Å². The van der Waals surface area contributed by atoms with Gasteiger partial charge >= 0.3 is 5.97 Å². The highest BCUT2D eigenvalue weighted by Gasteiger charge is 2.60. The van der Waals surface area contributed by atoms with E-state index in [1.54, 1.807) is 6.08 Å². The van der Waals surface area contributed by atoms with Gasteiger partial charge in [0.1, 0.15) is 5.92 Å². The second-order valence-corrected chi connectivity index (χ2v) is 9.28. The lowest BCUT2D eigenvalue weighted by Gasteiger charge is -2.57. The highest BCUT2D eigenvalue weighted by molar-refractivity contribution is 6.01. The number of carboxylic acids is 1. The molecule has 0 aliphatic heterocycles. The van der Waals surface area contributed by atoms with E-state index in [0.29, 0.717) is 17.8 Å². The summed E-state index contributed by atoms with van der Waals surface area (Å²) in [5.41, 5.74) is 1.20. The van der Waals surface area contributed by atoms with Crippen molar-refractivity contribution in [2.45, 2.75) is 52.4 Å². The summed E-state index contributed by atoms with van der Waals surface area (Å²) in [5, 5.41) is 19.0. The van der Waals surface area contributed by atoms with E-state index >= 15 is 0 Å². The molecule has 0 aromatic rings. The lowest BCUT2D eigenvalue weighted by atomic mass is 9.47. The number of aliphatic carboxylic acids is 1. The molecule has 3 fully saturated rings. The number of ketones is 1. The zero-order chi connectivity index (χ0) is 18.7. The zero-order valence-corrected chi connectivity index (χ0v) is 15.6. The van der Waals surface area contributed by atoms with E-state index in [1.807, 2.05) is 6.08 Å². The van der Waals surface area contributed by atoms with Gasteiger partial charge in [0, 0.05) is 5.41 Å². The van der Waals surface area contributed by atoms with Gasteiger partial charge in [0.2, 0.25) is 0 Å². The summed E-state index contributed by atoms with van der Waals surface area (Å²) in [6, 6.07) is 2.07. The Labute approximate surface area is 155 Å². The first-order valence-corrected chi connectivity index (χ1v) is 9.88. The monoisotopic (exact) mass is 353 g/mol. The van der Waals surface area contributed by atoms with Crippen molar-refractivity contribution in [2.24, 2.45) is 40.4 Å². The smallest absolute Gasteiger partial charge is 0.321 e. The van der Waals surface area contributed by atoms with E-state index in [9.17, 15) is 20.0 Å². The average molecular weight is 353 g/mol. The van der Waals surface area contributed by atoms with Crippen LogP contribution >= 0.6 is 0 Å². The van der Waals surface area contributed by atoms with Gasteiger partial charge in [-0.2, -0.15) is 5.26 Å². The minimum Gasteiger partial charge on any atom is -0.480 e. The molecule has 7 atom stereocenters. The van der Waals surface area contributed by atoms with Crippen LogP contribution in [0.4, 0.5) is 0 Å². The Morgan fingerprint density at radius 2 is 2.04 bits per heavy atom. The zero-order valence-electron chi connectivity index (χ0n) is 15.6. The maximum Gasteiger partial charge on any atom is 0.321 e. The molecule has 26 heavy (non-hydrogen) atoms. The predicted octanol–water partition coefficient (Wildman–Crippen LogP) is 4.13. The van der Waals surface area contributed by atoms with E-state index in [1.165, 1.54) is 5.57 Å². The van der Waals surface area contributed by atoms with Crippen LogP contribution in [0.1, 0.15) is 52.4 Å². The van der Waals surface area contributed by atoms with Crippen LogP contribution in [0.2, 0.25) is 0 Å². The summed E-state index contributed by atoms with van der Waals surface area (Å²) in [7, 11) is 0. The molecular weight excluding hydrogens is 326 g/mol. The molecule has 0 radical (unpaired) electrons. The number of carbonyl (C=O) groups excluding carboxylic acids is 1. The van der Waals surface area contributed by atoms with E-state index in [-0.39, 0.29) is 22.5 Å². The van der Waals surface area contributed by atoms with Gasteiger partial charge in [-0.25, -0.2) is 0 Å². The summed E-state index contributed by atoms with van der Waals surface area (Å²) in [6.07, 6.45) is 11.7. The number of hydrogen-bond donors (Lipinski definition) is 1. The number of fused-ring (bicyclic) bond motifs is 5. The third kappa shape index (κ3) is 2.25. The first-order valence-electron chi connectivity index (χ1n) is 9.88. The van der Waals surface area contributed by atoms with E-state index in [2.05, 4.69) is 26.0 Å². The lowest BCUT2D eigenvalue weighted by Crippen LogP contribution is -2.50. The number of hydrogen-bond acceptors (Lipinski definition) is 3. The molecule has 0 saturated heterocycles. The number of rotatable bonds is 2. The summed E-state index contributed by atoms with van der Waals surface area (Å²) in [5.74, 6) is -0.203. The largest absolute Gasteiger partial charge is 0.480 e. The topological polar surface area (TPSA) is 78.2 Å². The Balaban J connectivity index is 1.66. The predicted molar refractivity (Wildman–Crippen MR) is 96.8 cm³/mol. The molecule has 0 amide bonds. The molecule has 4 rings (SSSR count). The lowest BCUT2D eigenvalue weighted by molar-refractivity contribution is -0.144. The van der Waals surface area contributed by atoms with Crippen molar-refractivity contribution < 1.29 is 14.7 Å². The molecule has 4 aliphatic carbocycles. The van der Waals surface area contributed by atoms with Crippen molar-refractivity contribution >= 4 is 11.8 Å². The molecule has 0 aromatic carbocycles. The van der Waals surface area contributed by atoms with Gasteiger partial charge in [-0.1, -0.05) is 25.5 Å². The molecule has 1 N–H and O–H groups in total. The molecule has 3 saturated carbocycles. The van der Waals surface area contributed by atoms with E-state index in [4.69, 9.17) is 0 Å². The fourth-order valence-electron chi connectivity index (χ4n) is 7.10. The normalized spacial score (nSPS) is 45.0. The van der Waals surface area contributed by atoms with Crippen LogP contribution in [0.15, 0.2) is 23.8 Å². The van der Waals surface area contributed by atoms with Gasteiger partial charge in [-0.15, -0.1) is 0 Å². The van der Waals surface area contributed by atoms with Gasteiger partial charge in [0.05, 0.1) is 6.07 Å². The molecule has 4 heteroatoms. The highest BCUT2D eigenvalue weighted by Crippen LogP contribution is 2.66. The minimum atomic E-state index is -0.962. The van der Waals surface area contributed by atoms with Crippen LogP contribution in [-0.4, -0.2) is 16.9 Å². The van der Waals surface area contributed by atoms with Crippen molar-refractivity contribution in [2.75, 3.05) is 0 Å². The summed E-state index contributed by atoms with van der Waals surface area (Å²) in [6.45, 7) is 4.52. The maximum absolute atomic E-state index is 11.8. The maximum atomic E-state index is 11.8. The SMILES string of the molecule is C[C@]12CC[C@H]3[C@@H](CCC4=CC(=O)C=C[C@@]43C)[C@@H]1CC[C@@H]2C(C#N)C(=O)O. The number of carbonyl (C=O) groups is 2. The second-order valence-electron chi connectivity index (χ2n) is 9.28. The van der Waals surface area contributed by atoms with Crippen molar-refractivity contribution in [3.8, 4) is 6.07 Å². The van der Waals surface area contributed by atoms with Crippen molar-refractivity contribution in [1.29, 1.82) is 5.26 Å². The van der Waals surface area contributed by atoms with Gasteiger partial charge < -0.3 is 5.11 Å². The molecule has 0 aromatic heterocycles. The number of nitrogens with zero attached hydrogens (tertiary/aromatic N) is 1. The molecule has 0 spiro atoms. The molecule has 0 heterocycles. The first-order chi connectivity index (χ1) is 12.3. The molecule has 1 unspecified atom stereocenters. The molecule has 138 valence electrons. The molecule has 4 nitrogen and oxygen atoms in total. The van der Waals surface area contributed by atoms with Gasteiger partial charge in [-0.3, -0.25) is 9.59 Å². The average Bonchev–Trinajstić information content (AvgIpc) is 2.93. The quantitative estimate of drug-likeness (QED) is 0.809. The summed E-state index contributed by atoms with van der Waals surface area (Å²) >= 11 is 0. The Hall–Kier alpha value is -1.89. The third-order valence-corrected chi connectivity index (χ3v) is 8.44. The van der Waals surface area contributed by atoms with Crippen LogP contribution in [0.3, 0.4) is 0 Å². The van der Waals surface area contributed by atoms with Gasteiger partial charge in [0.25, 0.3) is 0 Å². The molecular formula is C22H27NO3. The fraction of sp³-hybridized carbons (Fsp3) is 0.682. The minimum absolute atomic E-state index is 0.0301. The standard InChI is InChI=1S/C22H27NO3/c1-21-9-7-14(24)11-13(21)3-4-15-17-5-6-18(16(12-23)20(25)26)22(17,2)10-8-19(15)21/h7,9,11,15-19H,3-6,8,10H2,1-2H3,(H,25,26)/t15-,16?,17-,18+,19-,21-,22-/m0/s1. The van der Waals surface area contributed by atoms with Crippen molar-refractivity contribution in [3.05, 3.63) is 23.8 Å². The Morgan fingerprint density at radius 3 is 2.73 bits per heavy atom. The Bertz CT molecular complexity index is 760. The fourth-order valence-corrected chi connectivity index (χ4v) is 7.10. The second kappa shape index (κ2) is 5.81. The van der Waals surface area contributed by atoms with E-state index < -0.39 is 11.9 Å². The number of carboxylic acid groups (broad SMARTS) is 1. The number of allylic oxidation sites excluding steroid dienone is 4. The summed E-state index contributed by atoms with van der Waals surface area (Å²) < 4.78 is 0. The van der Waals surface area contributed by atoms with Crippen LogP contribution in [0.5, 0.6) is 0 Å². The molecule has 4 aliphatic rings. The Morgan fingerprint density at radius 1 is 1.27 bits per heavy atom. The van der Waals surface area contributed by atoms with Crippen molar-refractivity contribution in [1.82, 2.24) is 0 Å². The van der Waals surface area contributed by atoms with Crippen LogP contribution < -0.4 is 0 Å². The number of nitriles is 1. The Kier molecular flexibility index (Phi) is 3.91. The summed E-state index contributed by atoms with van der Waals surface area (Å²) in [4.78, 5) is 23.4. The highest BCUT2D eigenvalue weighted by atomic mass is 16.4.